The fraction of sp³-hybridized carbons (Fsp3) is 0.500. The van der Waals surface area contributed by atoms with Gasteiger partial charge in [-0.05, 0) is 24.5 Å². The van der Waals surface area contributed by atoms with Crippen molar-refractivity contribution in [1.82, 2.24) is 35.0 Å². The van der Waals surface area contributed by atoms with E-state index in [0.717, 1.165) is 60.9 Å². The molecular formula is C20H27N7O2. The molecule has 1 aliphatic rings. The maximum atomic E-state index is 12.8. The van der Waals surface area contributed by atoms with E-state index in [2.05, 4.69) is 44.3 Å². The second kappa shape index (κ2) is 8.30. The maximum Gasteiger partial charge on any atom is 0.269 e. The van der Waals surface area contributed by atoms with Crippen LogP contribution in [0.25, 0.3) is 16.9 Å². The molecule has 9 heteroatoms. The molecule has 0 aromatic carbocycles. The van der Waals surface area contributed by atoms with Crippen molar-refractivity contribution in [1.29, 1.82) is 0 Å². The first kappa shape index (κ1) is 19.5. The first-order chi connectivity index (χ1) is 14.0. The second-order valence-corrected chi connectivity index (χ2v) is 7.67. The Morgan fingerprint density at radius 1 is 1.34 bits per heavy atom. The number of morpholine rings is 1. The van der Waals surface area contributed by atoms with E-state index in [9.17, 15) is 4.79 Å². The maximum absolute atomic E-state index is 12.8. The largest absolute Gasteiger partial charge is 0.379 e. The fourth-order valence-corrected chi connectivity index (χ4v) is 3.77. The molecule has 1 aliphatic heterocycles. The number of hydrogen-bond donors (Lipinski definition) is 2. The number of aromatic amines is 1. The van der Waals surface area contributed by atoms with Crippen LogP contribution in [0, 0.1) is 6.92 Å². The van der Waals surface area contributed by atoms with Gasteiger partial charge in [0.05, 0.1) is 18.9 Å². The van der Waals surface area contributed by atoms with Crippen LogP contribution in [0.15, 0.2) is 18.6 Å². The molecule has 1 fully saturated rings. The average Bonchev–Trinajstić information content (AvgIpc) is 3.36. The van der Waals surface area contributed by atoms with E-state index in [1.54, 1.807) is 4.52 Å². The Morgan fingerprint density at radius 2 is 2.14 bits per heavy atom. The fourth-order valence-electron chi connectivity index (χ4n) is 3.77. The zero-order valence-electron chi connectivity index (χ0n) is 17.1. The third kappa shape index (κ3) is 4.01. The minimum Gasteiger partial charge on any atom is -0.379 e. The summed E-state index contributed by atoms with van der Waals surface area (Å²) >= 11 is 0. The topological polar surface area (TPSA) is 100 Å². The highest BCUT2D eigenvalue weighted by molar-refractivity contribution is 5.95. The highest BCUT2D eigenvalue weighted by atomic mass is 16.5. The standard InChI is InChI=1S/C20H27N7O2/c1-13(2)16-17(15-10-14(3)19-22-12-23-27(19)11-15)24-25-18(16)20(28)21-4-5-26-6-8-29-9-7-26/h10-13H,4-9H2,1-3H3,(H,21,28)(H,24,25). The SMILES string of the molecule is Cc1cc(-c2n[nH]c(C(=O)NCCN3CCOCC3)c2C(C)C)cn2ncnc12. The lowest BCUT2D eigenvalue weighted by molar-refractivity contribution is 0.0383. The van der Waals surface area contributed by atoms with Crippen LogP contribution in [0.5, 0.6) is 0 Å². The predicted molar refractivity (Wildman–Crippen MR) is 109 cm³/mol. The number of nitrogens with one attached hydrogen (secondary N) is 2. The monoisotopic (exact) mass is 397 g/mol. The Balaban J connectivity index is 1.55. The summed E-state index contributed by atoms with van der Waals surface area (Å²) in [5, 5.41) is 14.7. The molecule has 0 atom stereocenters. The molecule has 9 nitrogen and oxygen atoms in total. The van der Waals surface area contributed by atoms with Crippen molar-refractivity contribution in [3.63, 3.8) is 0 Å². The second-order valence-electron chi connectivity index (χ2n) is 7.67. The van der Waals surface area contributed by atoms with E-state index >= 15 is 0 Å². The lowest BCUT2D eigenvalue weighted by atomic mass is 9.96. The van der Waals surface area contributed by atoms with Gasteiger partial charge in [-0.2, -0.15) is 10.2 Å². The van der Waals surface area contributed by atoms with Gasteiger partial charge in [0.15, 0.2) is 5.65 Å². The molecule has 0 saturated carbocycles. The molecule has 0 spiro atoms. The third-order valence-electron chi connectivity index (χ3n) is 5.26. The Hall–Kier alpha value is -2.78. The van der Waals surface area contributed by atoms with Crippen molar-refractivity contribution in [3.8, 4) is 11.3 Å². The summed E-state index contributed by atoms with van der Waals surface area (Å²) in [6, 6.07) is 2.03. The van der Waals surface area contributed by atoms with Crippen molar-refractivity contribution >= 4 is 11.6 Å². The summed E-state index contributed by atoms with van der Waals surface area (Å²) in [4.78, 5) is 19.4. The van der Waals surface area contributed by atoms with Crippen molar-refractivity contribution in [2.45, 2.75) is 26.7 Å². The average molecular weight is 397 g/mol. The summed E-state index contributed by atoms with van der Waals surface area (Å²) in [6.45, 7) is 10.9. The third-order valence-corrected chi connectivity index (χ3v) is 5.26. The van der Waals surface area contributed by atoms with Gasteiger partial charge in [0.1, 0.15) is 12.0 Å². The lowest BCUT2D eigenvalue weighted by Crippen LogP contribution is -2.41. The molecule has 0 radical (unpaired) electrons. The number of H-pyrrole nitrogens is 1. The zero-order valence-corrected chi connectivity index (χ0v) is 17.1. The van der Waals surface area contributed by atoms with Gasteiger partial charge < -0.3 is 10.1 Å². The van der Waals surface area contributed by atoms with Gasteiger partial charge in [0.25, 0.3) is 5.91 Å². The van der Waals surface area contributed by atoms with Crippen LogP contribution in [-0.4, -0.2) is 75.0 Å². The number of rotatable bonds is 6. The number of hydrogen-bond acceptors (Lipinski definition) is 6. The van der Waals surface area contributed by atoms with E-state index in [-0.39, 0.29) is 11.8 Å². The first-order valence-electron chi connectivity index (χ1n) is 10.0. The summed E-state index contributed by atoms with van der Waals surface area (Å²) in [5.74, 6) is 0.00904. The molecule has 4 rings (SSSR count). The number of amides is 1. The number of aryl methyl sites for hydroxylation is 1. The van der Waals surface area contributed by atoms with Crippen molar-refractivity contribution < 1.29 is 9.53 Å². The summed E-state index contributed by atoms with van der Waals surface area (Å²) in [6.07, 6.45) is 3.44. The zero-order chi connectivity index (χ0) is 20.4. The molecule has 2 N–H and O–H groups in total. The highest BCUT2D eigenvalue weighted by Gasteiger charge is 2.23. The Bertz CT molecular complexity index is 1000. The summed E-state index contributed by atoms with van der Waals surface area (Å²) < 4.78 is 7.10. The van der Waals surface area contributed by atoms with Crippen LogP contribution in [0.2, 0.25) is 0 Å². The van der Waals surface area contributed by atoms with Crippen LogP contribution < -0.4 is 5.32 Å². The van der Waals surface area contributed by atoms with E-state index < -0.39 is 0 Å². The number of aromatic nitrogens is 5. The van der Waals surface area contributed by atoms with Crippen LogP contribution in [-0.2, 0) is 4.74 Å². The minimum atomic E-state index is -0.126. The quantitative estimate of drug-likeness (QED) is 0.656. The van der Waals surface area contributed by atoms with Crippen LogP contribution in [0.4, 0.5) is 0 Å². The van der Waals surface area contributed by atoms with E-state index in [4.69, 9.17) is 4.74 Å². The molecule has 3 aromatic heterocycles. The molecular weight excluding hydrogens is 370 g/mol. The molecule has 3 aromatic rings. The normalized spacial score (nSPS) is 15.3. The van der Waals surface area contributed by atoms with Crippen molar-refractivity contribution in [2.75, 3.05) is 39.4 Å². The number of ether oxygens (including phenoxy) is 1. The number of carbonyl (C=O) groups is 1. The summed E-state index contributed by atoms with van der Waals surface area (Å²) in [7, 11) is 0. The number of carbonyl (C=O) groups excluding carboxylic acids is 1. The molecule has 1 amide bonds. The van der Waals surface area contributed by atoms with Gasteiger partial charge in [-0.3, -0.25) is 14.8 Å². The van der Waals surface area contributed by atoms with Crippen LogP contribution in [0.1, 0.15) is 41.4 Å². The van der Waals surface area contributed by atoms with Gasteiger partial charge in [-0.1, -0.05) is 13.8 Å². The molecule has 29 heavy (non-hydrogen) atoms. The highest BCUT2D eigenvalue weighted by Crippen LogP contribution is 2.31. The molecule has 0 unspecified atom stereocenters. The smallest absolute Gasteiger partial charge is 0.269 e. The molecule has 0 aliphatic carbocycles. The van der Waals surface area contributed by atoms with Gasteiger partial charge in [-0.25, -0.2) is 9.50 Å². The molecule has 4 heterocycles. The Kier molecular flexibility index (Phi) is 5.59. The van der Waals surface area contributed by atoms with Gasteiger partial charge >= 0.3 is 0 Å². The van der Waals surface area contributed by atoms with Crippen molar-refractivity contribution in [2.24, 2.45) is 0 Å². The predicted octanol–water partition coefficient (Wildman–Crippen LogP) is 1.61. The number of fused-ring (bicyclic) bond motifs is 1. The minimum absolute atomic E-state index is 0.126. The molecule has 1 saturated heterocycles. The van der Waals surface area contributed by atoms with Gasteiger partial charge in [0, 0.05) is 43.5 Å². The van der Waals surface area contributed by atoms with Gasteiger partial charge in [-0.15, -0.1) is 0 Å². The van der Waals surface area contributed by atoms with Crippen LogP contribution >= 0.6 is 0 Å². The molecule has 154 valence electrons. The number of nitrogens with zero attached hydrogens (tertiary/aromatic N) is 5. The number of pyridine rings is 1. The van der Waals surface area contributed by atoms with E-state index in [0.29, 0.717) is 12.2 Å². The van der Waals surface area contributed by atoms with Crippen LogP contribution in [0.3, 0.4) is 0 Å². The Labute approximate surface area is 169 Å². The lowest BCUT2D eigenvalue weighted by Gasteiger charge is -2.26. The first-order valence-corrected chi connectivity index (χ1v) is 10.0. The van der Waals surface area contributed by atoms with E-state index in [1.165, 1.54) is 6.33 Å². The van der Waals surface area contributed by atoms with Crippen molar-refractivity contribution in [3.05, 3.63) is 35.4 Å². The molecule has 0 bridgehead atoms. The van der Waals surface area contributed by atoms with E-state index in [1.807, 2.05) is 19.2 Å². The Morgan fingerprint density at radius 3 is 2.90 bits per heavy atom. The van der Waals surface area contributed by atoms with Gasteiger partial charge in [0.2, 0.25) is 0 Å². The summed E-state index contributed by atoms with van der Waals surface area (Å²) in [5.41, 5.74) is 4.94.